The van der Waals surface area contributed by atoms with E-state index in [1.807, 2.05) is 30.3 Å². The molecule has 0 aliphatic rings. The maximum absolute atomic E-state index is 11.2. The molecule has 6 heteroatoms. The van der Waals surface area contributed by atoms with E-state index < -0.39 is 5.97 Å². The van der Waals surface area contributed by atoms with Gasteiger partial charge in [-0.25, -0.2) is 9.48 Å². The van der Waals surface area contributed by atoms with Gasteiger partial charge in [-0.05, 0) is 31.4 Å². The summed E-state index contributed by atoms with van der Waals surface area (Å²) in [6, 6.07) is 9.26. The normalized spacial score (nSPS) is 10.5. The molecule has 0 amide bonds. The van der Waals surface area contributed by atoms with Crippen molar-refractivity contribution in [2.24, 2.45) is 0 Å². The second-order valence-electron chi connectivity index (χ2n) is 4.56. The molecule has 0 saturated carbocycles. The van der Waals surface area contributed by atoms with E-state index in [1.165, 1.54) is 4.68 Å². The molecule has 2 aromatic rings. The lowest BCUT2D eigenvalue weighted by Gasteiger charge is -2.03. The molecule has 0 spiro atoms. The third kappa shape index (κ3) is 4.06. The Hall–Kier alpha value is -2.34. The standard InChI is InChI=1S/C15H18N2O4/c18-9-5-2-6-10-21-13-11-17(16-14(13)15(19)20)12-7-3-1-4-8-12/h1,3-4,7-8,11,18H,2,5-6,9-10H2,(H,19,20). The Bertz CT molecular complexity index is 581. The molecule has 0 aliphatic carbocycles. The highest BCUT2D eigenvalue weighted by molar-refractivity contribution is 5.88. The van der Waals surface area contributed by atoms with Gasteiger partial charge in [-0.2, -0.15) is 5.10 Å². The number of unbranched alkanes of at least 4 members (excludes halogenated alkanes) is 2. The van der Waals surface area contributed by atoms with E-state index in [9.17, 15) is 9.90 Å². The van der Waals surface area contributed by atoms with Crippen LogP contribution in [0, 0.1) is 0 Å². The van der Waals surface area contributed by atoms with Crippen LogP contribution in [0.1, 0.15) is 29.8 Å². The van der Waals surface area contributed by atoms with Gasteiger partial charge in [0.1, 0.15) is 0 Å². The molecule has 1 aromatic carbocycles. The van der Waals surface area contributed by atoms with Crippen LogP contribution in [0.5, 0.6) is 5.75 Å². The van der Waals surface area contributed by atoms with Crippen molar-refractivity contribution in [2.75, 3.05) is 13.2 Å². The first-order chi connectivity index (χ1) is 10.2. The van der Waals surface area contributed by atoms with Gasteiger partial charge in [-0.3, -0.25) is 0 Å². The van der Waals surface area contributed by atoms with E-state index in [0.29, 0.717) is 6.61 Å². The number of rotatable bonds is 8. The number of ether oxygens (including phenoxy) is 1. The molecule has 0 unspecified atom stereocenters. The van der Waals surface area contributed by atoms with Crippen molar-refractivity contribution in [3.8, 4) is 11.4 Å². The second kappa shape index (κ2) is 7.44. The first-order valence-electron chi connectivity index (χ1n) is 6.84. The molecule has 112 valence electrons. The average Bonchev–Trinajstić information content (AvgIpc) is 2.92. The largest absolute Gasteiger partial charge is 0.489 e. The number of benzene rings is 1. The number of aromatic nitrogens is 2. The summed E-state index contributed by atoms with van der Waals surface area (Å²) in [6.45, 7) is 0.563. The molecule has 0 aliphatic heterocycles. The Morgan fingerprint density at radius 1 is 1.19 bits per heavy atom. The zero-order valence-corrected chi connectivity index (χ0v) is 11.6. The third-order valence-corrected chi connectivity index (χ3v) is 2.96. The Morgan fingerprint density at radius 3 is 2.62 bits per heavy atom. The van der Waals surface area contributed by atoms with E-state index in [4.69, 9.17) is 9.84 Å². The first kappa shape index (κ1) is 15.1. The molecule has 1 aromatic heterocycles. The smallest absolute Gasteiger partial charge is 0.360 e. The minimum absolute atomic E-state index is 0.0963. The number of aliphatic hydroxyl groups is 1. The van der Waals surface area contributed by atoms with Crippen LogP contribution in [-0.2, 0) is 0 Å². The predicted octanol–water partition coefficient (Wildman–Crippen LogP) is 2.11. The molecule has 0 atom stereocenters. The van der Waals surface area contributed by atoms with Gasteiger partial charge < -0.3 is 14.9 Å². The van der Waals surface area contributed by atoms with Crippen LogP contribution in [-0.4, -0.2) is 39.2 Å². The van der Waals surface area contributed by atoms with Crippen LogP contribution < -0.4 is 4.74 Å². The molecule has 0 radical (unpaired) electrons. The third-order valence-electron chi connectivity index (χ3n) is 2.96. The summed E-state index contributed by atoms with van der Waals surface area (Å²) < 4.78 is 6.99. The SMILES string of the molecule is O=C(O)c1nn(-c2ccccc2)cc1OCCCCCO. The number of aliphatic hydroxyl groups excluding tert-OH is 1. The molecule has 6 nitrogen and oxygen atoms in total. The van der Waals surface area contributed by atoms with E-state index in [2.05, 4.69) is 5.10 Å². The maximum atomic E-state index is 11.2. The molecule has 1 heterocycles. The lowest BCUT2D eigenvalue weighted by Crippen LogP contribution is -2.04. The Balaban J connectivity index is 2.09. The first-order valence-corrected chi connectivity index (χ1v) is 6.84. The van der Waals surface area contributed by atoms with Crippen molar-refractivity contribution in [3.05, 3.63) is 42.2 Å². The number of aromatic carboxylic acids is 1. The fourth-order valence-corrected chi connectivity index (χ4v) is 1.90. The van der Waals surface area contributed by atoms with Gasteiger partial charge in [0.15, 0.2) is 5.75 Å². The number of para-hydroxylation sites is 1. The van der Waals surface area contributed by atoms with Crippen molar-refractivity contribution >= 4 is 5.97 Å². The number of nitrogens with zero attached hydrogens (tertiary/aromatic N) is 2. The molecule has 0 saturated heterocycles. The van der Waals surface area contributed by atoms with E-state index >= 15 is 0 Å². The summed E-state index contributed by atoms with van der Waals surface area (Å²) in [5.74, 6) is -0.856. The quantitative estimate of drug-likeness (QED) is 0.727. The topological polar surface area (TPSA) is 84.6 Å². The molecule has 0 fully saturated rings. The predicted molar refractivity (Wildman–Crippen MR) is 77.0 cm³/mol. The zero-order valence-electron chi connectivity index (χ0n) is 11.6. The van der Waals surface area contributed by atoms with Gasteiger partial charge >= 0.3 is 5.97 Å². The van der Waals surface area contributed by atoms with Crippen LogP contribution in [0.2, 0.25) is 0 Å². The van der Waals surface area contributed by atoms with Crippen molar-refractivity contribution in [1.82, 2.24) is 9.78 Å². The van der Waals surface area contributed by atoms with Crippen LogP contribution in [0.4, 0.5) is 0 Å². The summed E-state index contributed by atoms with van der Waals surface area (Å²) in [6.07, 6.45) is 3.89. The second-order valence-corrected chi connectivity index (χ2v) is 4.56. The molecule has 0 bridgehead atoms. The van der Waals surface area contributed by atoms with Crippen LogP contribution >= 0.6 is 0 Å². The summed E-state index contributed by atoms with van der Waals surface area (Å²) in [7, 11) is 0. The highest BCUT2D eigenvalue weighted by atomic mass is 16.5. The zero-order chi connectivity index (χ0) is 15.1. The Morgan fingerprint density at radius 2 is 1.95 bits per heavy atom. The monoisotopic (exact) mass is 290 g/mol. The highest BCUT2D eigenvalue weighted by Crippen LogP contribution is 2.20. The highest BCUT2D eigenvalue weighted by Gasteiger charge is 2.17. The van der Waals surface area contributed by atoms with Gasteiger partial charge in [0, 0.05) is 6.61 Å². The van der Waals surface area contributed by atoms with Crippen molar-refractivity contribution in [3.63, 3.8) is 0 Å². The van der Waals surface area contributed by atoms with Crippen molar-refractivity contribution in [1.29, 1.82) is 0 Å². The van der Waals surface area contributed by atoms with E-state index in [-0.39, 0.29) is 18.1 Å². The van der Waals surface area contributed by atoms with Crippen molar-refractivity contribution in [2.45, 2.75) is 19.3 Å². The van der Waals surface area contributed by atoms with E-state index in [1.54, 1.807) is 6.20 Å². The molecule has 2 rings (SSSR count). The molecule has 21 heavy (non-hydrogen) atoms. The van der Waals surface area contributed by atoms with Crippen LogP contribution in [0.15, 0.2) is 36.5 Å². The van der Waals surface area contributed by atoms with Crippen molar-refractivity contribution < 1.29 is 19.7 Å². The molecular formula is C15H18N2O4. The lowest BCUT2D eigenvalue weighted by atomic mass is 10.2. The van der Waals surface area contributed by atoms with Crippen LogP contribution in [0.3, 0.4) is 0 Å². The Kier molecular flexibility index (Phi) is 5.34. The summed E-state index contributed by atoms with van der Waals surface area (Å²) >= 11 is 0. The van der Waals surface area contributed by atoms with Gasteiger partial charge in [0.05, 0.1) is 18.5 Å². The fourth-order valence-electron chi connectivity index (χ4n) is 1.90. The number of hydrogen-bond acceptors (Lipinski definition) is 4. The summed E-state index contributed by atoms with van der Waals surface area (Å²) in [5, 5.41) is 21.9. The maximum Gasteiger partial charge on any atom is 0.360 e. The van der Waals surface area contributed by atoms with E-state index in [0.717, 1.165) is 24.9 Å². The van der Waals surface area contributed by atoms with Gasteiger partial charge in [0.2, 0.25) is 5.69 Å². The number of carboxylic acid groups (broad SMARTS) is 1. The summed E-state index contributed by atoms with van der Waals surface area (Å²) in [5.41, 5.74) is 0.677. The summed E-state index contributed by atoms with van der Waals surface area (Å²) in [4.78, 5) is 11.2. The van der Waals surface area contributed by atoms with Gasteiger partial charge in [-0.15, -0.1) is 0 Å². The minimum Gasteiger partial charge on any atom is -0.489 e. The number of carboxylic acids is 1. The van der Waals surface area contributed by atoms with Gasteiger partial charge in [0.25, 0.3) is 0 Å². The van der Waals surface area contributed by atoms with Crippen LogP contribution in [0.25, 0.3) is 5.69 Å². The molecule has 2 N–H and O–H groups in total. The average molecular weight is 290 g/mol. The molecular weight excluding hydrogens is 272 g/mol. The lowest BCUT2D eigenvalue weighted by molar-refractivity contribution is 0.0685. The minimum atomic E-state index is -1.12. The number of carbonyl (C=O) groups is 1. The Labute approximate surface area is 122 Å². The van der Waals surface area contributed by atoms with Gasteiger partial charge in [-0.1, -0.05) is 18.2 Å². The fraction of sp³-hybridized carbons (Fsp3) is 0.333. The number of hydrogen-bond donors (Lipinski definition) is 2.